The molecule has 0 fully saturated rings. The van der Waals surface area contributed by atoms with Gasteiger partial charge in [-0.2, -0.15) is 0 Å². The Morgan fingerprint density at radius 3 is 2.25 bits per heavy atom. The average molecular weight is 334 g/mol. The van der Waals surface area contributed by atoms with Gasteiger partial charge in [-0.25, -0.2) is 0 Å². The number of aliphatic carboxylic acids is 2. The zero-order chi connectivity index (χ0) is 18.1. The largest absolute Gasteiger partial charge is 0.481 e. The standard InChI is InChI=1S/C10H15NO2.C8H11NO2/c1-9(8-10(12)13)4-7-11-5-2-3-6-11;1-5-3-9-4-7(5)6(2)8(10)11/h2-3,5-6,9H,4,7-8H2,1H3,(H,12,13);3-4,6,9H,1-2H3,(H,10,11). The van der Waals surface area contributed by atoms with Crippen molar-refractivity contribution in [1.29, 1.82) is 0 Å². The number of carboxylic acid groups (broad SMARTS) is 2. The quantitative estimate of drug-likeness (QED) is 0.722. The molecule has 0 saturated carbocycles. The van der Waals surface area contributed by atoms with Gasteiger partial charge in [0, 0.05) is 37.8 Å². The smallest absolute Gasteiger partial charge is 0.310 e. The van der Waals surface area contributed by atoms with Crippen LogP contribution in [0.3, 0.4) is 0 Å². The Balaban J connectivity index is 0.000000243. The Bertz CT molecular complexity index is 631. The molecular weight excluding hydrogens is 308 g/mol. The second kappa shape index (κ2) is 9.60. The molecule has 0 bridgehead atoms. The van der Waals surface area contributed by atoms with Gasteiger partial charge in [-0.05, 0) is 49.4 Å². The monoisotopic (exact) mass is 334 g/mol. The fraction of sp³-hybridized carbons (Fsp3) is 0.444. The molecule has 0 spiro atoms. The number of H-pyrrole nitrogens is 1. The molecule has 0 aromatic carbocycles. The lowest BCUT2D eigenvalue weighted by Crippen LogP contribution is -2.07. The Morgan fingerprint density at radius 1 is 1.17 bits per heavy atom. The Kier molecular flexibility index (Phi) is 7.82. The number of aryl methyl sites for hydroxylation is 2. The maximum absolute atomic E-state index is 10.5. The summed E-state index contributed by atoms with van der Waals surface area (Å²) in [4.78, 5) is 23.8. The van der Waals surface area contributed by atoms with E-state index in [0.29, 0.717) is 0 Å². The summed E-state index contributed by atoms with van der Waals surface area (Å²) in [6.07, 6.45) is 8.70. The van der Waals surface area contributed by atoms with Gasteiger partial charge in [0.1, 0.15) is 0 Å². The zero-order valence-electron chi connectivity index (χ0n) is 14.4. The summed E-state index contributed by atoms with van der Waals surface area (Å²) in [5.74, 6) is -1.66. The molecule has 0 amide bonds. The minimum Gasteiger partial charge on any atom is -0.481 e. The van der Waals surface area contributed by atoms with Crippen LogP contribution in [-0.4, -0.2) is 31.7 Å². The van der Waals surface area contributed by atoms with Gasteiger partial charge in [0.25, 0.3) is 0 Å². The van der Waals surface area contributed by atoms with Crippen LogP contribution in [-0.2, 0) is 16.1 Å². The number of rotatable bonds is 7. The highest BCUT2D eigenvalue weighted by Gasteiger charge is 2.15. The summed E-state index contributed by atoms with van der Waals surface area (Å²) in [6, 6.07) is 3.95. The first-order valence-corrected chi connectivity index (χ1v) is 7.99. The molecule has 0 aliphatic carbocycles. The first kappa shape index (κ1) is 19.5. The highest BCUT2D eigenvalue weighted by Crippen LogP contribution is 2.18. The number of nitrogens with one attached hydrogen (secondary N) is 1. The van der Waals surface area contributed by atoms with Gasteiger partial charge in [-0.1, -0.05) is 6.92 Å². The van der Waals surface area contributed by atoms with Crippen LogP contribution >= 0.6 is 0 Å². The molecule has 2 aromatic rings. The van der Waals surface area contributed by atoms with Crippen LogP contribution in [0.2, 0.25) is 0 Å². The van der Waals surface area contributed by atoms with E-state index < -0.39 is 17.9 Å². The van der Waals surface area contributed by atoms with Crippen molar-refractivity contribution in [3.8, 4) is 0 Å². The lowest BCUT2D eigenvalue weighted by atomic mass is 10.0. The summed E-state index contributed by atoms with van der Waals surface area (Å²) in [5, 5.41) is 17.2. The summed E-state index contributed by atoms with van der Waals surface area (Å²) >= 11 is 0. The molecule has 24 heavy (non-hydrogen) atoms. The molecule has 2 heterocycles. The van der Waals surface area contributed by atoms with Gasteiger partial charge in [-0.15, -0.1) is 0 Å². The third-order valence-corrected chi connectivity index (χ3v) is 3.90. The van der Waals surface area contributed by atoms with Gasteiger partial charge in [-0.3, -0.25) is 9.59 Å². The SMILES string of the molecule is CC(CCn1cccc1)CC(=O)O.Cc1c[nH]cc1C(C)C(=O)O. The highest BCUT2D eigenvalue weighted by molar-refractivity contribution is 5.75. The first-order chi connectivity index (χ1) is 11.3. The number of nitrogens with zero attached hydrogens (tertiary/aromatic N) is 1. The predicted octanol–water partition coefficient (Wildman–Crippen LogP) is 3.50. The van der Waals surface area contributed by atoms with E-state index in [4.69, 9.17) is 10.2 Å². The number of aromatic amines is 1. The molecule has 0 aliphatic heterocycles. The van der Waals surface area contributed by atoms with Gasteiger partial charge >= 0.3 is 11.9 Å². The second-order valence-corrected chi connectivity index (χ2v) is 6.07. The van der Waals surface area contributed by atoms with Gasteiger partial charge in [0.15, 0.2) is 0 Å². The van der Waals surface area contributed by atoms with Crippen LogP contribution in [0.4, 0.5) is 0 Å². The summed E-state index contributed by atoms with van der Waals surface area (Å²) < 4.78 is 2.07. The number of carboxylic acids is 2. The topological polar surface area (TPSA) is 95.3 Å². The van der Waals surface area contributed by atoms with Crippen LogP contribution in [0.25, 0.3) is 0 Å². The summed E-state index contributed by atoms with van der Waals surface area (Å²) in [6.45, 7) is 6.45. The van der Waals surface area contributed by atoms with Crippen molar-refractivity contribution in [1.82, 2.24) is 9.55 Å². The minimum atomic E-state index is -0.785. The maximum Gasteiger partial charge on any atom is 0.310 e. The average Bonchev–Trinajstić information content (AvgIpc) is 3.15. The van der Waals surface area contributed by atoms with Gasteiger partial charge < -0.3 is 19.8 Å². The summed E-state index contributed by atoms with van der Waals surface area (Å²) in [7, 11) is 0. The van der Waals surface area contributed by atoms with Crippen LogP contribution in [0.15, 0.2) is 36.9 Å². The number of aromatic nitrogens is 2. The third-order valence-electron chi connectivity index (χ3n) is 3.90. The van der Waals surface area contributed by atoms with Crippen molar-refractivity contribution in [3.05, 3.63) is 48.0 Å². The minimum absolute atomic E-state index is 0.250. The van der Waals surface area contributed by atoms with Gasteiger partial charge in [0.05, 0.1) is 5.92 Å². The van der Waals surface area contributed by atoms with Crippen molar-refractivity contribution in [2.45, 2.75) is 46.1 Å². The van der Waals surface area contributed by atoms with E-state index in [-0.39, 0.29) is 12.3 Å². The zero-order valence-corrected chi connectivity index (χ0v) is 14.4. The van der Waals surface area contributed by atoms with Crippen LogP contribution in [0.5, 0.6) is 0 Å². The van der Waals surface area contributed by atoms with Crippen molar-refractivity contribution >= 4 is 11.9 Å². The molecule has 2 atom stereocenters. The lowest BCUT2D eigenvalue weighted by Gasteiger charge is -2.08. The van der Waals surface area contributed by atoms with Gasteiger partial charge in [0.2, 0.25) is 0 Å². The van der Waals surface area contributed by atoms with E-state index in [0.717, 1.165) is 24.1 Å². The molecule has 0 aliphatic rings. The van der Waals surface area contributed by atoms with Crippen molar-refractivity contribution in [2.75, 3.05) is 0 Å². The van der Waals surface area contributed by atoms with E-state index in [9.17, 15) is 9.59 Å². The molecule has 0 saturated heterocycles. The normalized spacial score (nSPS) is 12.8. The second-order valence-electron chi connectivity index (χ2n) is 6.07. The van der Waals surface area contributed by atoms with E-state index >= 15 is 0 Å². The Hall–Kier alpha value is -2.50. The van der Waals surface area contributed by atoms with Crippen LogP contribution in [0.1, 0.15) is 43.7 Å². The maximum atomic E-state index is 10.5. The molecule has 2 rings (SSSR count). The number of hydrogen-bond acceptors (Lipinski definition) is 2. The molecule has 6 heteroatoms. The van der Waals surface area contributed by atoms with E-state index in [1.165, 1.54) is 0 Å². The molecule has 0 radical (unpaired) electrons. The lowest BCUT2D eigenvalue weighted by molar-refractivity contribution is -0.139. The predicted molar refractivity (Wildman–Crippen MR) is 92.0 cm³/mol. The van der Waals surface area contributed by atoms with E-state index in [1.807, 2.05) is 38.4 Å². The Morgan fingerprint density at radius 2 is 1.79 bits per heavy atom. The molecule has 3 N–H and O–H groups in total. The molecule has 6 nitrogen and oxygen atoms in total. The number of carbonyl (C=O) groups is 2. The van der Waals surface area contributed by atoms with Crippen molar-refractivity contribution in [2.24, 2.45) is 5.92 Å². The number of hydrogen-bond donors (Lipinski definition) is 3. The molecule has 2 aromatic heterocycles. The van der Waals surface area contributed by atoms with E-state index in [1.54, 1.807) is 19.3 Å². The molecule has 2 unspecified atom stereocenters. The highest BCUT2D eigenvalue weighted by atomic mass is 16.4. The first-order valence-electron chi connectivity index (χ1n) is 7.99. The molecular formula is C18H26N2O4. The fourth-order valence-electron chi connectivity index (χ4n) is 2.34. The van der Waals surface area contributed by atoms with Crippen LogP contribution in [0, 0.1) is 12.8 Å². The van der Waals surface area contributed by atoms with Crippen molar-refractivity contribution < 1.29 is 19.8 Å². The third kappa shape index (κ3) is 6.73. The van der Waals surface area contributed by atoms with Crippen molar-refractivity contribution in [3.63, 3.8) is 0 Å². The fourth-order valence-corrected chi connectivity index (χ4v) is 2.34. The van der Waals surface area contributed by atoms with Crippen LogP contribution < -0.4 is 0 Å². The Labute approximate surface area is 142 Å². The van der Waals surface area contributed by atoms with E-state index in [2.05, 4.69) is 9.55 Å². The molecule has 132 valence electrons. The summed E-state index contributed by atoms with van der Waals surface area (Å²) in [5.41, 5.74) is 1.86.